The zero-order chi connectivity index (χ0) is 28.0. The summed E-state index contributed by atoms with van der Waals surface area (Å²) in [5, 5.41) is 16.2. The van der Waals surface area contributed by atoms with Crippen LogP contribution in [0.25, 0.3) is 0 Å². The van der Waals surface area contributed by atoms with Gasteiger partial charge in [-0.25, -0.2) is 0 Å². The van der Waals surface area contributed by atoms with Gasteiger partial charge in [-0.1, -0.05) is 60.2 Å². The normalized spacial score (nSPS) is 22.5. The van der Waals surface area contributed by atoms with Crippen molar-refractivity contribution in [2.45, 2.75) is 63.3 Å². The van der Waals surface area contributed by atoms with E-state index in [1.807, 2.05) is 42.5 Å². The molecule has 216 valence electrons. The zero-order valence-electron chi connectivity index (χ0n) is 23.0. The molecule has 3 aliphatic rings. The van der Waals surface area contributed by atoms with E-state index in [9.17, 15) is 9.59 Å². The van der Waals surface area contributed by atoms with E-state index in [4.69, 9.17) is 0 Å². The zero-order valence-corrected chi connectivity index (χ0v) is 24.6. The number of anilines is 2. The molecule has 2 aliphatic heterocycles. The van der Waals surface area contributed by atoms with E-state index in [1.165, 1.54) is 29.9 Å². The molecule has 0 bridgehead atoms. The number of nitrogens with zero attached hydrogens (tertiary/aromatic N) is 5. The molecule has 3 heterocycles. The molecule has 2 amide bonds. The van der Waals surface area contributed by atoms with Crippen molar-refractivity contribution in [3.05, 3.63) is 70.7 Å². The highest BCUT2D eigenvalue weighted by atomic mass is 32.2. The van der Waals surface area contributed by atoms with Crippen LogP contribution in [0.2, 0.25) is 0 Å². The second-order valence-electron chi connectivity index (χ2n) is 10.8. The Morgan fingerprint density at radius 1 is 0.951 bits per heavy atom. The van der Waals surface area contributed by atoms with E-state index >= 15 is 0 Å². The second kappa shape index (κ2) is 13.2. The first-order chi connectivity index (χ1) is 20.1. The number of hydrogen-bond acceptors (Lipinski definition) is 9. The molecule has 1 aromatic heterocycles. The molecule has 1 saturated heterocycles. The van der Waals surface area contributed by atoms with E-state index in [-0.39, 0.29) is 17.7 Å². The van der Waals surface area contributed by atoms with Gasteiger partial charge in [-0.15, -0.1) is 20.2 Å². The van der Waals surface area contributed by atoms with Crippen molar-refractivity contribution in [1.82, 2.24) is 25.5 Å². The molecule has 2 fully saturated rings. The third-order valence-electron chi connectivity index (χ3n) is 7.84. The lowest BCUT2D eigenvalue weighted by Gasteiger charge is -2.40. The van der Waals surface area contributed by atoms with Gasteiger partial charge in [0.2, 0.25) is 16.9 Å². The Labute approximate surface area is 247 Å². The Bertz CT molecular complexity index is 1390. The second-order valence-corrected chi connectivity index (χ2v) is 13.4. The molecule has 12 heteroatoms. The number of nitrogens with one attached hydrogen (secondary N) is 3. The minimum absolute atomic E-state index is 0.0235. The predicted molar refractivity (Wildman–Crippen MR) is 163 cm³/mol. The van der Waals surface area contributed by atoms with Gasteiger partial charge < -0.3 is 15.5 Å². The van der Waals surface area contributed by atoms with Crippen molar-refractivity contribution in [2.24, 2.45) is 4.47 Å². The summed E-state index contributed by atoms with van der Waals surface area (Å²) in [6.45, 7) is 2.19. The topological polar surface area (TPSA) is 115 Å². The lowest BCUT2D eigenvalue weighted by molar-refractivity contribution is -0.120. The first-order valence-electron chi connectivity index (χ1n) is 14.4. The van der Waals surface area contributed by atoms with Gasteiger partial charge in [-0.2, -0.15) is 4.41 Å². The summed E-state index contributed by atoms with van der Waals surface area (Å²) < 4.78 is 6.65. The summed E-state index contributed by atoms with van der Waals surface area (Å²) in [5.74, 6) is 0.735. The molecule has 3 N–H and O–H groups in total. The quantitative estimate of drug-likeness (QED) is 0.325. The molecule has 2 aromatic carbocycles. The summed E-state index contributed by atoms with van der Waals surface area (Å²) >= 11 is 1.47. The van der Waals surface area contributed by atoms with Gasteiger partial charge in [0.15, 0.2) is 0 Å². The molecule has 2 unspecified atom stereocenters. The average Bonchev–Trinajstić information content (AvgIpc) is 3.67. The fraction of sp³-hybridized carbons (Fsp3) is 0.448. The summed E-state index contributed by atoms with van der Waals surface area (Å²) in [6, 6.07) is 18.3. The monoisotopic (exact) mass is 592 g/mol. The first-order valence-corrected chi connectivity index (χ1v) is 16.5. The Balaban J connectivity index is 0.971. The Morgan fingerprint density at radius 3 is 2.56 bits per heavy atom. The van der Waals surface area contributed by atoms with Gasteiger partial charge in [0.1, 0.15) is 5.01 Å². The van der Waals surface area contributed by atoms with Crippen LogP contribution in [0.5, 0.6) is 0 Å². The van der Waals surface area contributed by atoms with E-state index in [0.717, 1.165) is 54.9 Å². The lowest BCUT2D eigenvalue weighted by atomic mass is 9.86. The van der Waals surface area contributed by atoms with E-state index in [2.05, 4.69) is 52.3 Å². The minimum Gasteiger partial charge on any atom is -0.372 e. The van der Waals surface area contributed by atoms with Gasteiger partial charge in [0.25, 0.3) is 0 Å². The smallest absolute Gasteiger partial charge is 0.230 e. The van der Waals surface area contributed by atoms with Crippen molar-refractivity contribution in [2.75, 3.05) is 29.2 Å². The van der Waals surface area contributed by atoms with Crippen LogP contribution in [-0.4, -0.2) is 51.4 Å². The van der Waals surface area contributed by atoms with Crippen LogP contribution < -0.4 is 21.1 Å². The lowest BCUT2D eigenvalue weighted by Crippen LogP contribution is -2.55. The van der Waals surface area contributed by atoms with E-state index in [0.29, 0.717) is 29.9 Å². The molecule has 41 heavy (non-hydrogen) atoms. The summed E-state index contributed by atoms with van der Waals surface area (Å²) in [7, 11) is -0.393. The summed E-state index contributed by atoms with van der Waals surface area (Å²) in [5.41, 5.74) is 6.35. The SMILES string of the molecule is O=C(Cc1cccc(N2CCCC2)c1)NCS1=NNN1[C@H]1CCCC(c2nnc(NC(=O)Cc3ccccc3)s2)C1. The summed E-state index contributed by atoms with van der Waals surface area (Å²) in [4.78, 5) is 27.6. The fourth-order valence-corrected chi connectivity index (χ4v) is 7.96. The van der Waals surface area contributed by atoms with E-state index in [1.54, 1.807) is 0 Å². The number of hydrazine groups is 1. The Hall–Kier alpha value is -3.19. The molecule has 3 atom stereocenters. The largest absolute Gasteiger partial charge is 0.372 e. The van der Waals surface area contributed by atoms with Crippen LogP contribution in [0, 0.1) is 0 Å². The van der Waals surface area contributed by atoms with Crippen LogP contribution in [0.1, 0.15) is 60.6 Å². The Morgan fingerprint density at radius 2 is 1.76 bits per heavy atom. The Kier molecular flexibility index (Phi) is 9.00. The highest BCUT2D eigenvalue weighted by Gasteiger charge is 2.34. The maximum absolute atomic E-state index is 12.7. The van der Waals surface area contributed by atoms with Crippen LogP contribution in [-0.2, 0) is 33.3 Å². The fourth-order valence-electron chi connectivity index (χ4n) is 5.73. The van der Waals surface area contributed by atoms with Gasteiger partial charge >= 0.3 is 0 Å². The number of rotatable bonds is 10. The average molecular weight is 593 g/mol. The minimum atomic E-state index is -0.393. The van der Waals surface area contributed by atoms with Crippen LogP contribution in [0.3, 0.4) is 0 Å². The van der Waals surface area contributed by atoms with Gasteiger partial charge in [-0.05, 0) is 55.4 Å². The maximum Gasteiger partial charge on any atom is 0.230 e. The number of benzene rings is 2. The number of amides is 2. The van der Waals surface area contributed by atoms with Crippen molar-refractivity contribution in [3.63, 3.8) is 0 Å². The number of carbonyl (C=O) groups excluding carboxylic acids is 2. The third-order valence-corrected chi connectivity index (χ3v) is 10.4. The van der Waals surface area contributed by atoms with Gasteiger partial charge in [-0.3, -0.25) is 9.59 Å². The first kappa shape index (κ1) is 28.0. The molecule has 10 nitrogen and oxygen atoms in total. The molecule has 3 aromatic rings. The molecule has 1 aliphatic carbocycles. The number of aromatic nitrogens is 2. The molecular weight excluding hydrogens is 557 g/mol. The standard InChI is InChI=1S/C29H36N8O2S2/c38-26(18-22-10-6-12-24(16-22)36-14-4-5-15-36)30-20-41-35-34-37(41)25-13-7-11-23(19-25)28-32-33-29(40-28)31-27(39)17-21-8-2-1-3-9-21/h1-3,6,8-10,12,16,23,25,34H,4-5,7,11,13-15,17-20H2,(H,30,38)(H,31,33,39)/t23?,25-,41?/m0/s1. The summed E-state index contributed by atoms with van der Waals surface area (Å²) in [6.07, 6.45) is 7.30. The third kappa shape index (κ3) is 7.18. The van der Waals surface area contributed by atoms with Crippen molar-refractivity contribution >= 4 is 44.8 Å². The van der Waals surface area contributed by atoms with Crippen molar-refractivity contribution in [1.29, 1.82) is 0 Å². The predicted octanol–water partition coefficient (Wildman–Crippen LogP) is 4.11. The van der Waals surface area contributed by atoms with Gasteiger partial charge in [0.05, 0.1) is 18.7 Å². The number of carbonyl (C=O) groups is 2. The molecule has 1 saturated carbocycles. The highest BCUT2D eigenvalue weighted by Crippen LogP contribution is 2.38. The van der Waals surface area contributed by atoms with Gasteiger partial charge in [0, 0.05) is 41.6 Å². The maximum atomic E-state index is 12.7. The van der Waals surface area contributed by atoms with Crippen LogP contribution in [0.15, 0.2) is 59.1 Å². The molecule has 6 rings (SSSR count). The van der Waals surface area contributed by atoms with Crippen LogP contribution in [0.4, 0.5) is 10.8 Å². The van der Waals surface area contributed by atoms with Crippen molar-refractivity contribution < 1.29 is 9.59 Å². The number of hydrogen-bond donors (Lipinski definition) is 3. The molecule has 0 radical (unpaired) electrons. The van der Waals surface area contributed by atoms with Crippen LogP contribution >= 0.6 is 11.3 Å². The van der Waals surface area contributed by atoms with Crippen molar-refractivity contribution in [3.8, 4) is 0 Å². The van der Waals surface area contributed by atoms with E-state index < -0.39 is 10.9 Å². The molecule has 0 spiro atoms. The highest BCUT2D eigenvalue weighted by molar-refractivity contribution is 7.85. The molecular formula is C29H36N8O2S2.